The van der Waals surface area contributed by atoms with Gasteiger partial charge in [0, 0.05) is 41.9 Å². The van der Waals surface area contributed by atoms with Crippen LogP contribution in [0.3, 0.4) is 0 Å². The third-order valence-electron chi connectivity index (χ3n) is 5.96. The van der Waals surface area contributed by atoms with Gasteiger partial charge in [0.05, 0.1) is 5.56 Å². The molecule has 0 bridgehead atoms. The Morgan fingerprint density at radius 2 is 1.91 bits per heavy atom. The third-order valence-corrected chi connectivity index (χ3v) is 5.96. The zero-order valence-corrected chi connectivity index (χ0v) is 18.6. The van der Waals surface area contributed by atoms with Crippen molar-refractivity contribution in [2.45, 2.75) is 39.2 Å². The number of nitrogens with zero attached hydrogens (tertiary/aromatic N) is 2. The topological polar surface area (TPSA) is 109 Å². The lowest BCUT2D eigenvalue weighted by Gasteiger charge is -2.25. The highest BCUT2D eigenvalue weighted by atomic mass is 16.1. The minimum Gasteiger partial charge on any atom is -0.398 e. The molecule has 1 aromatic carbocycles. The number of H-pyrrole nitrogens is 1. The number of pyridine rings is 2. The van der Waals surface area contributed by atoms with Crippen molar-refractivity contribution >= 4 is 34.1 Å². The summed E-state index contributed by atoms with van der Waals surface area (Å²) in [4.78, 5) is 24.8. The van der Waals surface area contributed by atoms with Crippen LogP contribution in [0.4, 0.5) is 17.2 Å². The molecular formula is C25H28N6O. The van der Waals surface area contributed by atoms with Crippen LogP contribution in [-0.4, -0.2) is 20.9 Å². The highest BCUT2D eigenvalue weighted by molar-refractivity contribution is 6.07. The molecule has 3 heterocycles. The average molecular weight is 429 g/mol. The molecular weight excluding hydrogens is 400 g/mol. The second-order valence-corrected chi connectivity index (χ2v) is 8.46. The molecule has 0 fully saturated rings. The molecule has 7 nitrogen and oxygen atoms in total. The number of benzene rings is 1. The fraction of sp³-hybridized carbons (Fsp3) is 0.240. The van der Waals surface area contributed by atoms with E-state index in [2.05, 4.69) is 46.4 Å². The molecule has 0 spiro atoms. The summed E-state index contributed by atoms with van der Waals surface area (Å²) in [7, 11) is 0. The van der Waals surface area contributed by atoms with Crippen LogP contribution < -0.4 is 16.4 Å². The minimum atomic E-state index is -0.247. The van der Waals surface area contributed by atoms with Gasteiger partial charge in [0.25, 0.3) is 5.91 Å². The summed E-state index contributed by atoms with van der Waals surface area (Å²) < 4.78 is 0. The van der Waals surface area contributed by atoms with Gasteiger partial charge in [-0.2, -0.15) is 0 Å². The van der Waals surface area contributed by atoms with Crippen molar-refractivity contribution in [3.05, 3.63) is 77.7 Å². The van der Waals surface area contributed by atoms with E-state index in [9.17, 15) is 4.79 Å². The quantitative estimate of drug-likeness (QED) is 0.307. The van der Waals surface area contributed by atoms with Gasteiger partial charge >= 0.3 is 0 Å². The van der Waals surface area contributed by atoms with Crippen molar-refractivity contribution in [3.8, 4) is 0 Å². The Labute approximate surface area is 187 Å². The lowest BCUT2D eigenvalue weighted by atomic mass is 9.81. The fourth-order valence-electron chi connectivity index (χ4n) is 3.71. The van der Waals surface area contributed by atoms with Crippen LogP contribution in [0, 0.1) is 0 Å². The first kappa shape index (κ1) is 21.4. The maximum absolute atomic E-state index is 13.0. The lowest BCUT2D eigenvalue weighted by molar-refractivity contribution is 0.102. The SMILES string of the molecule is CCC(C)(C)c1ccc(NC(=O)c2cccnc2NCc2c[nH]c3ncccc23)cc1N. The van der Waals surface area contributed by atoms with Crippen LogP contribution in [-0.2, 0) is 12.0 Å². The molecule has 32 heavy (non-hydrogen) atoms. The first-order valence-corrected chi connectivity index (χ1v) is 10.7. The third kappa shape index (κ3) is 4.27. The molecule has 0 aliphatic rings. The van der Waals surface area contributed by atoms with Crippen LogP contribution in [0.2, 0.25) is 0 Å². The summed E-state index contributed by atoms with van der Waals surface area (Å²) in [6, 6.07) is 13.1. The van der Waals surface area contributed by atoms with Crippen molar-refractivity contribution in [1.29, 1.82) is 0 Å². The minimum absolute atomic E-state index is 0.0228. The highest BCUT2D eigenvalue weighted by Gasteiger charge is 2.21. The number of nitrogens with one attached hydrogen (secondary N) is 3. The number of carbonyl (C=O) groups is 1. The Kier molecular flexibility index (Phi) is 5.81. The number of hydrogen-bond donors (Lipinski definition) is 4. The number of hydrogen-bond acceptors (Lipinski definition) is 5. The molecule has 0 atom stereocenters. The largest absolute Gasteiger partial charge is 0.398 e. The van der Waals surface area contributed by atoms with Crippen LogP contribution in [0.1, 0.15) is 48.7 Å². The summed E-state index contributed by atoms with van der Waals surface area (Å²) in [6.07, 6.45) is 6.30. The Balaban J connectivity index is 1.51. The Morgan fingerprint density at radius 3 is 2.69 bits per heavy atom. The van der Waals surface area contributed by atoms with E-state index >= 15 is 0 Å². The molecule has 3 aromatic heterocycles. The van der Waals surface area contributed by atoms with Crippen LogP contribution >= 0.6 is 0 Å². The monoisotopic (exact) mass is 428 g/mol. The Morgan fingerprint density at radius 1 is 1.12 bits per heavy atom. The number of aromatic nitrogens is 3. The van der Waals surface area contributed by atoms with E-state index in [-0.39, 0.29) is 11.3 Å². The van der Waals surface area contributed by atoms with E-state index in [0.29, 0.717) is 29.3 Å². The molecule has 0 saturated heterocycles. The van der Waals surface area contributed by atoms with Crippen molar-refractivity contribution < 1.29 is 4.79 Å². The summed E-state index contributed by atoms with van der Waals surface area (Å²) in [6.45, 7) is 6.97. The zero-order valence-electron chi connectivity index (χ0n) is 18.6. The maximum Gasteiger partial charge on any atom is 0.259 e. The van der Waals surface area contributed by atoms with Gasteiger partial charge < -0.3 is 21.4 Å². The standard InChI is InChI=1S/C25H28N6O/c1-4-25(2,3)20-10-9-17(13-21(20)26)31-24(32)19-8-6-12-28-23(19)30-15-16-14-29-22-18(16)7-5-11-27-22/h5-14H,4,15,26H2,1-3H3,(H,27,29)(H,28,30)(H,31,32). The first-order valence-electron chi connectivity index (χ1n) is 10.7. The van der Waals surface area contributed by atoms with Crippen LogP contribution in [0.15, 0.2) is 61.1 Å². The summed E-state index contributed by atoms with van der Waals surface area (Å²) >= 11 is 0. The van der Waals surface area contributed by atoms with E-state index in [1.165, 1.54) is 0 Å². The number of amides is 1. The number of anilines is 3. The number of nitrogen functional groups attached to an aromatic ring is 1. The molecule has 5 N–H and O–H groups in total. The number of rotatable bonds is 7. The molecule has 4 rings (SSSR count). The maximum atomic E-state index is 13.0. The zero-order chi connectivity index (χ0) is 22.7. The van der Waals surface area contributed by atoms with Gasteiger partial charge in [0.2, 0.25) is 0 Å². The molecule has 0 aliphatic heterocycles. The van der Waals surface area contributed by atoms with E-state index in [4.69, 9.17) is 5.73 Å². The van der Waals surface area contributed by atoms with Crippen molar-refractivity contribution in [2.75, 3.05) is 16.4 Å². The van der Waals surface area contributed by atoms with Gasteiger partial charge in [-0.15, -0.1) is 0 Å². The first-order chi connectivity index (χ1) is 15.4. The molecule has 7 heteroatoms. The summed E-state index contributed by atoms with van der Waals surface area (Å²) in [5, 5.41) is 7.26. The molecule has 164 valence electrons. The second-order valence-electron chi connectivity index (χ2n) is 8.46. The second kappa shape index (κ2) is 8.70. The van der Waals surface area contributed by atoms with Gasteiger partial charge in [0.1, 0.15) is 11.5 Å². The van der Waals surface area contributed by atoms with E-state index in [1.54, 1.807) is 24.5 Å². The van der Waals surface area contributed by atoms with Crippen molar-refractivity contribution in [2.24, 2.45) is 0 Å². The number of aromatic amines is 1. The molecule has 0 saturated carbocycles. The average Bonchev–Trinajstić information content (AvgIpc) is 3.21. The molecule has 0 unspecified atom stereocenters. The highest BCUT2D eigenvalue weighted by Crippen LogP contribution is 2.33. The van der Waals surface area contributed by atoms with Crippen molar-refractivity contribution in [3.63, 3.8) is 0 Å². The van der Waals surface area contributed by atoms with E-state index in [0.717, 1.165) is 28.6 Å². The van der Waals surface area contributed by atoms with Gasteiger partial charge in [-0.05, 0) is 59.4 Å². The van der Waals surface area contributed by atoms with Crippen LogP contribution in [0.25, 0.3) is 11.0 Å². The van der Waals surface area contributed by atoms with Gasteiger partial charge in [-0.25, -0.2) is 9.97 Å². The van der Waals surface area contributed by atoms with Crippen molar-refractivity contribution in [1.82, 2.24) is 15.0 Å². The molecule has 1 amide bonds. The van der Waals surface area contributed by atoms with Gasteiger partial charge in [-0.1, -0.05) is 26.8 Å². The number of fused-ring (bicyclic) bond motifs is 1. The number of carbonyl (C=O) groups excluding carboxylic acids is 1. The molecule has 4 aromatic rings. The summed E-state index contributed by atoms with van der Waals surface area (Å²) in [5.74, 6) is 0.267. The van der Waals surface area contributed by atoms with E-state index < -0.39 is 0 Å². The Hall–Kier alpha value is -3.87. The fourth-order valence-corrected chi connectivity index (χ4v) is 3.71. The number of nitrogens with two attached hydrogens (primary N) is 1. The lowest BCUT2D eigenvalue weighted by Crippen LogP contribution is -2.19. The predicted molar refractivity (Wildman–Crippen MR) is 130 cm³/mol. The van der Waals surface area contributed by atoms with E-state index in [1.807, 2.05) is 36.5 Å². The summed E-state index contributed by atoms with van der Waals surface area (Å²) in [5.41, 5.74) is 11.0. The Bertz CT molecular complexity index is 1260. The van der Waals surface area contributed by atoms with Gasteiger partial charge in [-0.3, -0.25) is 4.79 Å². The van der Waals surface area contributed by atoms with Crippen LogP contribution in [0.5, 0.6) is 0 Å². The molecule has 0 aliphatic carbocycles. The molecule has 0 radical (unpaired) electrons. The smallest absolute Gasteiger partial charge is 0.259 e. The predicted octanol–water partition coefficient (Wildman–Crippen LogP) is 5.09. The van der Waals surface area contributed by atoms with Gasteiger partial charge in [0.15, 0.2) is 0 Å². The normalized spacial score (nSPS) is 11.5.